The van der Waals surface area contributed by atoms with Crippen LogP contribution < -0.4 is 10.6 Å². The van der Waals surface area contributed by atoms with Crippen LogP contribution in [0.5, 0.6) is 0 Å². The maximum Gasteiger partial charge on any atom is 0.337 e. The molecule has 0 bridgehead atoms. The highest BCUT2D eigenvalue weighted by Crippen LogP contribution is 2.42. The van der Waals surface area contributed by atoms with E-state index < -0.39 is 5.97 Å². The number of amides is 2. The topological polar surface area (TPSA) is 91.3 Å². The van der Waals surface area contributed by atoms with Crippen molar-refractivity contribution in [3.8, 4) is 0 Å². The van der Waals surface area contributed by atoms with Gasteiger partial charge in [-0.05, 0) is 25.2 Å². The molecule has 108 valence electrons. The number of carboxylic acid groups (broad SMARTS) is 1. The van der Waals surface area contributed by atoms with Crippen LogP contribution in [0, 0.1) is 0 Å². The third kappa shape index (κ3) is 3.41. The monoisotopic (exact) mass is 295 g/mol. The lowest BCUT2D eigenvalue weighted by atomic mass is 9.84. The largest absolute Gasteiger partial charge is 0.478 e. The third-order valence-corrected chi connectivity index (χ3v) is 4.93. The van der Waals surface area contributed by atoms with Crippen molar-refractivity contribution in [3.05, 3.63) is 24.0 Å². The molecule has 1 aromatic rings. The number of anilines is 1. The normalized spacial score (nSPS) is 16.1. The highest BCUT2D eigenvalue weighted by atomic mass is 32.2. The summed E-state index contributed by atoms with van der Waals surface area (Å²) in [4.78, 5) is 26.4. The molecule has 20 heavy (non-hydrogen) atoms. The molecule has 0 saturated heterocycles. The number of pyridine rings is 1. The molecule has 1 aliphatic rings. The van der Waals surface area contributed by atoms with Crippen LogP contribution >= 0.6 is 11.8 Å². The van der Waals surface area contributed by atoms with Crippen molar-refractivity contribution < 1.29 is 14.7 Å². The smallest absolute Gasteiger partial charge is 0.337 e. The van der Waals surface area contributed by atoms with E-state index >= 15 is 0 Å². The van der Waals surface area contributed by atoms with Gasteiger partial charge in [-0.2, -0.15) is 11.8 Å². The molecule has 0 atom stereocenters. The minimum absolute atomic E-state index is 0.0439. The second-order valence-electron chi connectivity index (χ2n) is 4.82. The lowest BCUT2D eigenvalue weighted by Gasteiger charge is -2.40. The fourth-order valence-corrected chi connectivity index (χ4v) is 2.98. The standard InChI is InChI=1S/C13H17N3O3S/c1-20-13(3-2-4-13)8-15-12(19)16-10-5-9(11(17)18)6-14-7-10/h5-7H,2-4,8H2,1H3,(H,17,18)(H2,15,16,19). The summed E-state index contributed by atoms with van der Waals surface area (Å²) in [5.74, 6) is -1.07. The van der Waals surface area contributed by atoms with Gasteiger partial charge in [0.1, 0.15) is 0 Å². The molecule has 0 aromatic carbocycles. The van der Waals surface area contributed by atoms with Gasteiger partial charge in [0.25, 0.3) is 0 Å². The highest BCUT2D eigenvalue weighted by molar-refractivity contribution is 8.00. The Kier molecular flexibility index (Phi) is 4.49. The second-order valence-corrected chi connectivity index (χ2v) is 6.09. The predicted octanol–water partition coefficient (Wildman–Crippen LogP) is 2.19. The first-order valence-electron chi connectivity index (χ1n) is 6.33. The number of nitrogens with zero attached hydrogens (tertiary/aromatic N) is 1. The van der Waals surface area contributed by atoms with Crippen LogP contribution in [0.2, 0.25) is 0 Å². The summed E-state index contributed by atoms with van der Waals surface area (Å²) < 4.78 is 0.165. The van der Waals surface area contributed by atoms with Crippen LogP contribution in [0.1, 0.15) is 29.6 Å². The van der Waals surface area contributed by atoms with Crippen molar-refractivity contribution in [3.63, 3.8) is 0 Å². The maximum absolute atomic E-state index is 11.8. The quantitative estimate of drug-likeness (QED) is 0.774. The van der Waals surface area contributed by atoms with Crippen molar-refractivity contribution in [1.82, 2.24) is 10.3 Å². The van der Waals surface area contributed by atoms with Crippen molar-refractivity contribution in [2.75, 3.05) is 18.1 Å². The van der Waals surface area contributed by atoms with Crippen LogP contribution in [-0.4, -0.2) is 39.6 Å². The van der Waals surface area contributed by atoms with Crippen molar-refractivity contribution >= 4 is 29.4 Å². The molecule has 6 nitrogen and oxygen atoms in total. The van der Waals surface area contributed by atoms with Crippen LogP contribution in [0.25, 0.3) is 0 Å². The van der Waals surface area contributed by atoms with E-state index in [-0.39, 0.29) is 16.3 Å². The summed E-state index contributed by atoms with van der Waals surface area (Å²) in [5.41, 5.74) is 0.414. The summed E-state index contributed by atoms with van der Waals surface area (Å²) in [6, 6.07) is 1.04. The van der Waals surface area contributed by atoms with Gasteiger partial charge in [-0.3, -0.25) is 4.98 Å². The van der Waals surface area contributed by atoms with E-state index in [1.807, 2.05) is 0 Å². The zero-order valence-corrected chi connectivity index (χ0v) is 12.0. The predicted molar refractivity (Wildman–Crippen MR) is 78.3 cm³/mol. The molecular weight excluding hydrogens is 278 g/mol. The molecule has 3 N–H and O–H groups in total. The van der Waals surface area contributed by atoms with Crippen molar-refractivity contribution in [2.45, 2.75) is 24.0 Å². The Morgan fingerprint density at radius 2 is 2.20 bits per heavy atom. The van der Waals surface area contributed by atoms with E-state index in [0.717, 1.165) is 12.8 Å². The molecule has 1 aliphatic carbocycles. The lowest BCUT2D eigenvalue weighted by Crippen LogP contribution is -2.46. The van der Waals surface area contributed by atoms with Crippen LogP contribution in [0.15, 0.2) is 18.5 Å². The number of thioether (sulfide) groups is 1. The van der Waals surface area contributed by atoms with E-state index in [4.69, 9.17) is 5.11 Å². The van der Waals surface area contributed by atoms with Gasteiger partial charge in [0.15, 0.2) is 0 Å². The SMILES string of the molecule is CSC1(CNC(=O)Nc2cncc(C(=O)O)c2)CCC1. The molecule has 1 fully saturated rings. The van der Waals surface area contributed by atoms with Gasteiger partial charge in [0, 0.05) is 17.5 Å². The summed E-state index contributed by atoms with van der Waals surface area (Å²) >= 11 is 1.78. The minimum atomic E-state index is -1.07. The second kappa shape index (κ2) is 6.13. The van der Waals surface area contributed by atoms with Crippen LogP contribution in [0.4, 0.5) is 10.5 Å². The van der Waals surface area contributed by atoms with Gasteiger partial charge in [-0.15, -0.1) is 0 Å². The van der Waals surface area contributed by atoms with Crippen LogP contribution in [0.3, 0.4) is 0 Å². The molecule has 0 radical (unpaired) electrons. The Morgan fingerprint density at radius 1 is 1.45 bits per heavy atom. The number of nitrogens with one attached hydrogen (secondary N) is 2. The number of hydrogen-bond acceptors (Lipinski definition) is 4. The Hall–Kier alpha value is -1.76. The van der Waals surface area contributed by atoms with Gasteiger partial charge < -0.3 is 15.7 Å². The Morgan fingerprint density at radius 3 is 2.75 bits per heavy atom. The molecule has 1 aromatic heterocycles. The molecule has 2 amide bonds. The molecule has 1 saturated carbocycles. The zero-order valence-electron chi connectivity index (χ0n) is 11.2. The van der Waals surface area contributed by atoms with Gasteiger partial charge in [0.2, 0.25) is 0 Å². The van der Waals surface area contributed by atoms with Crippen LogP contribution in [-0.2, 0) is 0 Å². The molecule has 0 spiro atoms. The lowest BCUT2D eigenvalue weighted by molar-refractivity contribution is 0.0696. The van der Waals surface area contributed by atoms with E-state index in [0.29, 0.717) is 12.2 Å². The number of urea groups is 1. The first-order chi connectivity index (χ1) is 9.54. The Bertz CT molecular complexity index is 512. The minimum Gasteiger partial charge on any atom is -0.478 e. The number of carbonyl (C=O) groups excluding carboxylic acids is 1. The Labute approximate surface area is 121 Å². The average Bonchev–Trinajstić information content (AvgIpc) is 2.38. The Balaban J connectivity index is 1.88. The number of rotatable bonds is 5. The fraction of sp³-hybridized carbons (Fsp3) is 0.462. The first kappa shape index (κ1) is 14.6. The van der Waals surface area contributed by atoms with E-state index in [1.54, 1.807) is 11.8 Å². The molecule has 0 aliphatic heterocycles. The summed E-state index contributed by atoms with van der Waals surface area (Å²) in [7, 11) is 0. The highest BCUT2D eigenvalue weighted by Gasteiger charge is 2.36. The van der Waals surface area contributed by atoms with Gasteiger partial charge >= 0.3 is 12.0 Å². The summed E-state index contributed by atoms with van der Waals surface area (Å²) in [5, 5.41) is 14.3. The van der Waals surface area contributed by atoms with Gasteiger partial charge in [-0.25, -0.2) is 9.59 Å². The van der Waals surface area contributed by atoms with Crippen molar-refractivity contribution in [2.24, 2.45) is 0 Å². The molecular formula is C13H17N3O3S. The molecule has 7 heteroatoms. The van der Waals surface area contributed by atoms with E-state index in [2.05, 4.69) is 21.9 Å². The number of hydrogen-bond donors (Lipinski definition) is 3. The number of carboxylic acids is 1. The summed E-state index contributed by atoms with van der Waals surface area (Å²) in [6.07, 6.45) is 8.14. The van der Waals surface area contributed by atoms with Crippen molar-refractivity contribution in [1.29, 1.82) is 0 Å². The van der Waals surface area contributed by atoms with E-state index in [9.17, 15) is 9.59 Å². The maximum atomic E-state index is 11.8. The molecule has 0 unspecified atom stereocenters. The molecule has 2 rings (SSSR count). The first-order valence-corrected chi connectivity index (χ1v) is 7.55. The van der Waals surface area contributed by atoms with Gasteiger partial charge in [0.05, 0.1) is 17.4 Å². The third-order valence-electron chi connectivity index (χ3n) is 3.51. The number of aromatic nitrogens is 1. The van der Waals surface area contributed by atoms with Gasteiger partial charge in [-0.1, -0.05) is 6.42 Å². The molecule has 1 heterocycles. The zero-order chi connectivity index (χ0) is 14.6. The number of carbonyl (C=O) groups is 2. The van der Waals surface area contributed by atoms with E-state index in [1.165, 1.54) is 24.9 Å². The fourth-order valence-electron chi connectivity index (χ4n) is 2.07. The average molecular weight is 295 g/mol. The summed E-state index contributed by atoms with van der Waals surface area (Å²) in [6.45, 7) is 0.617. The number of aromatic carboxylic acids is 1.